The first-order valence-corrected chi connectivity index (χ1v) is 9.83. The van der Waals surface area contributed by atoms with Crippen LogP contribution < -0.4 is 4.74 Å². The number of nitrogens with zero attached hydrogens (tertiary/aromatic N) is 6. The lowest BCUT2D eigenvalue weighted by Crippen LogP contribution is -2.55. The summed E-state index contributed by atoms with van der Waals surface area (Å²) in [7, 11) is 1.88. The number of aromatic nitrogens is 5. The third kappa shape index (κ3) is 2.99. The van der Waals surface area contributed by atoms with Crippen LogP contribution in [0.5, 0.6) is 5.88 Å². The molecule has 5 rings (SSSR count). The number of amides is 1. The van der Waals surface area contributed by atoms with Gasteiger partial charge in [-0.15, -0.1) is 0 Å². The summed E-state index contributed by atoms with van der Waals surface area (Å²) >= 11 is 0. The molecule has 8 heteroatoms. The van der Waals surface area contributed by atoms with Gasteiger partial charge in [-0.05, 0) is 43.7 Å². The predicted molar refractivity (Wildman–Crippen MR) is 107 cm³/mol. The fourth-order valence-electron chi connectivity index (χ4n) is 5.05. The molecule has 0 bridgehead atoms. The highest BCUT2D eigenvalue weighted by atomic mass is 16.5. The lowest BCUT2D eigenvalue weighted by Gasteiger charge is -2.52. The van der Waals surface area contributed by atoms with Gasteiger partial charge < -0.3 is 9.64 Å². The van der Waals surface area contributed by atoms with E-state index in [2.05, 4.69) is 23.7 Å². The van der Waals surface area contributed by atoms with Crippen molar-refractivity contribution in [1.82, 2.24) is 29.3 Å². The minimum Gasteiger partial charge on any atom is -0.470 e. The van der Waals surface area contributed by atoms with E-state index in [-0.39, 0.29) is 16.9 Å². The average molecular weight is 392 g/mol. The van der Waals surface area contributed by atoms with Gasteiger partial charge in [0.05, 0.1) is 24.3 Å². The highest BCUT2D eigenvalue weighted by Crippen LogP contribution is 2.55. The number of rotatable bonds is 4. The molecular weight excluding hydrogens is 368 g/mol. The molecule has 1 saturated carbocycles. The Balaban J connectivity index is 1.39. The fraction of sp³-hybridized carbons (Fsp3) is 0.429. The number of fused-ring (bicyclic) bond motifs is 1. The highest BCUT2D eigenvalue weighted by molar-refractivity contribution is 5.87. The molecule has 4 heterocycles. The van der Waals surface area contributed by atoms with Crippen molar-refractivity contribution in [1.29, 1.82) is 0 Å². The minimum absolute atomic E-state index is 0.0169. The average Bonchev–Trinajstić information content (AvgIpc) is 3.39. The second-order valence-corrected chi connectivity index (χ2v) is 8.61. The topological polar surface area (TPSA) is 77.6 Å². The van der Waals surface area contributed by atoms with E-state index in [1.807, 2.05) is 30.4 Å². The summed E-state index contributed by atoms with van der Waals surface area (Å²) in [5, 5.41) is 8.61. The van der Waals surface area contributed by atoms with Crippen LogP contribution in [0.2, 0.25) is 0 Å². The molecule has 0 atom stereocenters. The number of ether oxygens (including phenoxy) is 1. The second kappa shape index (κ2) is 6.17. The summed E-state index contributed by atoms with van der Waals surface area (Å²) < 4.78 is 10.0. The van der Waals surface area contributed by atoms with Crippen molar-refractivity contribution in [2.45, 2.75) is 31.8 Å². The fourth-order valence-corrected chi connectivity index (χ4v) is 5.05. The van der Waals surface area contributed by atoms with Gasteiger partial charge in [-0.25, -0.2) is 9.50 Å². The van der Waals surface area contributed by atoms with Crippen molar-refractivity contribution < 1.29 is 9.53 Å². The van der Waals surface area contributed by atoms with E-state index >= 15 is 0 Å². The highest BCUT2D eigenvalue weighted by Gasteiger charge is 2.57. The Labute approximate surface area is 168 Å². The summed E-state index contributed by atoms with van der Waals surface area (Å²) in [6.45, 7) is 7.30. The van der Waals surface area contributed by atoms with Gasteiger partial charge in [0.1, 0.15) is 11.1 Å². The standard InChI is InChI=1S/C21H24N6O2/c1-4-18(28)26-8-6-21(14-26)12-20(2,13-21)29-19-17-5-7-22-27(17)11-16(24-19)15-9-23-25(3)10-15/h4-5,7,9-11H,1,6,8,12-14H2,2-3H3/t20-,21+. The molecular formula is C21H24N6O2. The Hall–Kier alpha value is -3.16. The molecule has 1 aliphatic carbocycles. The number of hydrogen-bond acceptors (Lipinski definition) is 5. The minimum atomic E-state index is -0.307. The van der Waals surface area contributed by atoms with E-state index < -0.39 is 0 Å². The molecule has 0 radical (unpaired) electrons. The quantitative estimate of drug-likeness (QED) is 0.638. The lowest BCUT2D eigenvalue weighted by molar-refractivity contribution is -0.128. The van der Waals surface area contributed by atoms with Crippen LogP contribution in [-0.2, 0) is 11.8 Å². The molecule has 0 aromatic carbocycles. The van der Waals surface area contributed by atoms with Crippen LogP contribution in [0, 0.1) is 5.41 Å². The Morgan fingerprint density at radius 3 is 2.86 bits per heavy atom. The zero-order chi connectivity index (χ0) is 20.2. The van der Waals surface area contributed by atoms with E-state index in [0.717, 1.165) is 49.1 Å². The number of aryl methyl sites for hydroxylation is 1. The summed E-state index contributed by atoms with van der Waals surface area (Å²) in [4.78, 5) is 18.6. The summed E-state index contributed by atoms with van der Waals surface area (Å²) in [6.07, 6.45) is 11.6. The van der Waals surface area contributed by atoms with Gasteiger partial charge in [-0.2, -0.15) is 10.2 Å². The predicted octanol–water partition coefficient (Wildman–Crippen LogP) is 2.47. The first-order valence-electron chi connectivity index (χ1n) is 9.83. The Kier molecular flexibility index (Phi) is 3.81. The smallest absolute Gasteiger partial charge is 0.245 e. The molecule has 1 saturated heterocycles. The van der Waals surface area contributed by atoms with Crippen molar-refractivity contribution in [3.8, 4) is 17.1 Å². The van der Waals surface area contributed by atoms with Gasteiger partial charge >= 0.3 is 0 Å². The van der Waals surface area contributed by atoms with Crippen molar-refractivity contribution >= 4 is 11.4 Å². The maximum Gasteiger partial charge on any atom is 0.245 e. The van der Waals surface area contributed by atoms with Crippen LogP contribution >= 0.6 is 0 Å². The van der Waals surface area contributed by atoms with Gasteiger partial charge in [0.2, 0.25) is 11.8 Å². The lowest BCUT2D eigenvalue weighted by atomic mass is 9.59. The van der Waals surface area contributed by atoms with Gasteiger partial charge in [0.25, 0.3) is 0 Å². The van der Waals surface area contributed by atoms with Crippen molar-refractivity contribution in [2.75, 3.05) is 13.1 Å². The monoisotopic (exact) mass is 392 g/mol. The van der Waals surface area contributed by atoms with Crippen molar-refractivity contribution in [3.05, 3.63) is 43.5 Å². The molecule has 150 valence electrons. The van der Waals surface area contributed by atoms with Gasteiger partial charge in [-0.3, -0.25) is 9.48 Å². The second-order valence-electron chi connectivity index (χ2n) is 8.61. The Morgan fingerprint density at radius 2 is 2.14 bits per heavy atom. The van der Waals surface area contributed by atoms with Crippen LogP contribution in [0.3, 0.4) is 0 Å². The normalized spacial score (nSPS) is 26.1. The van der Waals surface area contributed by atoms with Crippen LogP contribution in [-0.4, -0.2) is 53.9 Å². The van der Waals surface area contributed by atoms with Crippen molar-refractivity contribution in [3.63, 3.8) is 0 Å². The van der Waals surface area contributed by atoms with E-state index in [1.165, 1.54) is 6.08 Å². The van der Waals surface area contributed by atoms with Crippen LogP contribution in [0.25, 0.3) is 16.8 Å². The zero-order valence-corrected chi connectivity index (χ0v) is 16.7. The number of likely N-dealkylation sites (tertiary alicyclic amines) is 1. The van der Waals surface area contributed by atoms with E-state index in [9.17, 15) is 4.79 Å². The van der Waals surface area contributed by atoms with Crippen LogP contribution in [0.1, 0.15) is 26.2 Å². The van der Waals surface area contributed by atoms with E-state index in [1.54, 1.807) is 21.6 Å². The molecule has 0 N–H and O–H groups in total. The Bertz CT molecular complexity index is 1110. The van der Waals surface area contributed by atoms with E-state index in [4.69, 9.17) is 9.72 Å². The number of carbonyl (C=O) groups is 1. The molecule has 0 unspecified atom stereocenters. The van der Waals surface area contributed by atoms with Gasteiger partial charge in [0.15, 0.2) is 0 Å². The van der Waals surface area contributed by atoms with Gasteiger partial charge in [-0.1, -0.05) is 6.58 Å². The summed E-state index contributed by atoms with van der Waals surface area (Å²) in [5.74, 6) is 0.599. The molecule has 1 amide bonds. The van der Waals surface area contributed by atoms with Crippen molar-refractivity contribution in [2.24, 2.45) is 12.5 Å². The summed E-state index contributed by atoms with van der Waals surface area (Å²) in [6, 6.07) is 1.91. The first-order chi connectivity index (χ1) is 13.9. The number of carbonyl (C=O) groups excluding carboxylic acids is 1. The largest absolute Gasteiger partial charge is 0.470 e. The van der Waals surface area contributed by atoms with Gasteiger partial charge in [0, 0.05) is 31.9 Å². The third-order valence-electron chi connectivity index (χ3n) is 6.12. The van der Waals surface area contributed by atoms with Crippen LogP contribution in [0.4, 0.5) is 0 Å². The maximum absolute atomic E-state index is 11.9. The molecule has 29 heavy (non-hydrogen) atoms. The SMILES string of the molecule is C=CC(=O)N1CC[C@]2(C1)C[C@@](C)(Oc1nc(-c3cnn(C)c3)cn3nccc13)C2. The molecule has 2 aliphatic rings. The number of hydrogen-bond donors (Lipinski definition) is 0. The van der Waals surface area contributed by atoms with E-state index in [0.29, 0.717) is 5.88 Å². The molecule has 3 aromatic heterocycles. The molecule has 2 fully saturated rings. The third-order valence-corrected chi connectivity index (χ3v) is 6.12. The maximum atomic E-state index is 11.9. The van der Waals surface area contributed by atoms with Crippen LogP contribution in [0.15, 0.2) is 43.5 Å². The Morgan fingerprint density at radius 1 is 1.31 bits per heavy atom. The molecule has 1 aliphatic heterocycles. The summed E-state index contributed by atoms with van der Waals surface area (Å²) in [5.41, 5.74) is 2.36. The molecule has 8 nitrogen and oxygen atoms in total. The zero-order valence-electron chi connectivity index (χ0n) is 16.7. The first kappa shape index (κ1) is 17.9. The molecule has 3 aromatic rings. The molecule has 1 spiro atoms.